The second-order valence-corrected chi connectivity index (χ2v) is 12.0. The van der Waals surface area contributed by atoms with E-state index in [9.17, 15) is 4.79 Å². The van der Waals surface area contributed by atoms with Crippen LogP contribution in [0.1, 0.15) is 58.8 Å². The van der Waals surface area contributed by atoms with Crippen LogP contribution in [0.5, 0.6) is 0 Å². The highest BCUT2D eigenvalue weighted by Gasteiger charge is 2.30. The van der Waals surface area contributed by atoms with Crippen molar-refractivity contribution in [1.29, 1.82) is 0 Å². The number of hydrogen-bond acceptors (Lipinski definition) is 5. The minimum atomic E-state index is -0.616. The lowest BCUT2D eigenvalue weighted by atomic mass is 9.88. The molecule has 6 heteroatoms. The van der Waals surface area contributed by atoms with Crippen LogP contribution in [0.15, 0.2) is 66.9 Å². The molecule has 0 aliphatic carbocycles. The highest BCUT2D eigenvalue weighted by Crippen LogP contribution is 2.41. The molecular formula is C32H35ClN2O3. The van der Waals surface area contributed by atoms with Crippen LogP contribution in [0.4, 0.5) is 0 Å². The summed E-state index contributed by atoms with van der Waals surface area (Å²) < 4.78 is 12.4. The number of pyridine rings is 2. The smallest absolute Gasteiger partial charge is 0.311 e. The number of aromatic nitrogens is 2. The number of benzene rings is 2. The normalized spacial score (nSPS) is 12.9. The zero-order valence-electron chi connectivity index (χ0n) is 23.1. The van der Waals surface area contributed by atoms with Gasteiger partial charge in [0.2, 0.25) is 0 Å². The summed E-state index contributed by atoms with van der Waals surface area (Å²) >= 11 is 6.25. The van der Waals surface area contributed by atoms with E-state index in [1.165, 1.54) is 0 Å². The van der Waals surface area contributed by atoms with E-state index in [1.54, 1.807) is 6.20 Å². The summed E-state index contributed by atoms with van der Waals surface area (Å²) in [5.74, 6) is -0.270. The van der Waals surface area contributed by atoms with Crippen LogP contribution < -0.4 is 0 Å². The molecule has 0 saturated heterocycles. The zero-order chi connectivity index (χ0) is 27.7. The van der Waals surface area contributed by atoms with Gasteiger partial charge in [-0.1, -0.05) is 29.8 Å². The Bertz CT molecular complexity index is 1440. The maximum Gasteiger partial charge on any atom is 0.311 e. The molecule has 0 unspecified atom stereocenters. The fourth-order valence-electron chi connectivity index (χ4n) is 4.39. The van der Waals surface area contributed by atoms with E-state index in [-0.39, 0.29) is 12.6 Å². The van der Waals surface area contributed by atoms with Gasteiger partial charge in [-0.2, -0.15) is 0 Å². The van der Waals surface area contributed by atoms with Crippen molar-refractivity contribution >= 4 is 28.5 Å². The van der Waals surface area contributed by atoms with E-state index in [0.29, 0.717) is 5.02 Å². The molecule has 0 spiro atoms. The second-order valence-electron chi connectivity index (χ2n) is 11.5. The lowest BCUT2D eigenvalue weighted by Gasteiger charge is -2.31. The van der Waals surface area contributed by atoms with Gasteiger partial charge in [0.05, 0.1) is 27.9 Å². The van der Waals surface area contributed by atoms with Gasteiger partial charge in [0.15, 0.2) is 0 Å². The third kappa shape index (κ3) is 6.40. The molecule has 0 amide bonds. The summed E-state index contributed by atoms with van der Waals surface area (Å²) in [6.07, 6.45) is 1.27. The molecular weight excluding hydrogens is 496 g/mol. The van der Waals surface area contributed by atoms with E-state index in [4.69, 9.17) is 26.1 Å². The predicted octanol–water partition coefficient (Wildman–Crippen LogP) is 8.37. The monoisotopic (exact) mass is 530 g/mol. The highest BCUT2D eigenvalue weighted by molar-refractivity contribution is 6.30. The van der Waals surface area contributed by atoms with Gasteiger partial charge < -0.3 is 9.47 Å². The molecule has 0 aliphatic heterocycles. The van der Waals surface area contributed by atoms with Crippen LogP contribution >= 0.6 is 11.6 Å². The van der Waals surface area contributed by atoms with Gasteiger partial charge in [-0.3, -0.25) is 9.78 Å². The molecule has 2 heterocycles. The molecule has 5 nitrogen and oxygen atoms in total. The third-order valence-corrected chi connectivity index (χ3v) is 6.35. The molecule has 1 atom stereocenters. The van der Waals surface area contributed by atoms with E-state index in [0.717, 1.165) is 44.5 Å². The average molecular weight is 531 g/mol. The molecule has 0 fully saturated rings. The molecule has 0 aliphatic rings. The molecule has 0 N–H and O–H groups in total. The van der Waals surface area contributed by atoms with Crippen molar-refractivity contribution in [3.8, 4) is 22.5 Å². The fourth-order valence-corrected chi connectivity index (χ4v) is 4.52. The number of halogens is 1. The quantitative estimate of drug-likeness (QED) is 0.234. The van der Waals surface area contributed by atoms with E-state index >= 15 is 0 Å². The summed E-state index contributed by atoms with van der Waals surface area (Å²) in [7, 11) is 0. The first kappa shape index (κ1) is 27.7. The predicted molar refractivity (Wildman–Crippen MR) is 154 cm³/mol. The first-order chi connectivity index (χ1) is 17.8. The molecule has 2 aromatic carbocycles. The Kier molecular flexibility index (Phi) is 7.91. The summed E-state index contributed by atoms with van der Waals surface area (Å²) in [6, 6.07) is 19.7. The molecule has 4 aromatic rings. The first-order valence-corrected chi connectivity index (χ1v) is 13.2. The molecule has 0 saturated carbocycles. The highest BCUT2D eigenvalue weighted by atomic mass is 35.5. The minimum absolute atomic E-state index is 0.0970. The first-order valence-electron chi connectivity index (χ1n) is 12.8. The standard InChI is InChI=1S/C32H35ClN2O3/c1-20-18-26-23(15-16-25(35-26)24-10-8-9-17-34-24)29(21-11-13-22(33)14-12-21)28(20)27(38-32(5,6)7)19-37-30(36)31(2,3)4/h8-18,27H,19H2,1-7H3/t27-/m0/s1. The number of esters is 1. The van der Waals surface area contributed by atoms with Crippen LogP contribution in [0.3, 0.4) is 0 Å². The van der Waals surface area contributed by atoms with Crippen molar-refractivity contribution in [3.05, 3.63) is 83.0 Å². The van der Waals surface area contributed by atoms with Crippen LogP contribution in [0.25, 0.3) is 33.4 Å². The summed E-state index contributed by atoms with van der Waals surface area (Å²) in [4.78, 5) is 22.2. The molecule has 0 bridgehead atoms. The van der Waals surface area contributed by atoms with Crippen LogP contribution in [0.2, 0.25) is 5.02 Å². The van der Waals surface area contributed by atoms with Gasteiger partial charge in [0.25, 0.3) is 0 Å². The largest absolute Gasteiger partial charge is 0.462 e. The van der Waals surface area contributed by atoms with Crippen molar-refractivity contribution in [2.45, 2.75) is 60.2 Å². The molecule has 38 heavy (non-hydrogen) atoms. The summed E-state index contributed by atoms with van der Waals surface area (Å²) in [5, 5.41) is 1.63. The van der Waals surface area contributed by atoms with Gasteiger partial charge in [0.1, 0.15) is 12.7 Å². The Morgan fingerprint density at radius 3 is 2.26 bits per heavy atom. The SMILES string of the molecule is Cc1cc2nc(-c3ccccn3)ccc2c(-c2ccc(Cl)cc2)c1[C@H](COC(=O)C(C)(C)C)OC(C)(C)C. The molecule has 4 rings (SSSR count). The number of aryl methyl sites for hydroxylation is 1. The lowest BCUT2D eigenvalue weighted by Crippen LogP contribution is -2.30. The second kappa shape index (κ2) is 10.8. The van der Waals surface area contributed by atoms with Crippen LogP contribution in [-0.4, -0.2) is 28.1 Å². The average Bonchev–Trinajstić information content (AvgIpc) is 2.85. The summed E-state index contributed by atoms with van der Waals surface area (Å²) in [5.41, 5.74) is 5.29. The Morgan fingerprint density at radius 2 is 1.66 bits per heavy atom. The Morgan fingerprint density at radius 1 is 0.947 bits per heavy atom. The molecule has 2 aromatic heterocycles. The Balaban J connectivity index is 1.93. The zero-order valence-corrected chi connectivity index (χ0v) is 23.9. The maximum absolute atomic E-state index is 12.7. The van der Waals surface area contributed by atoms with Crippen molar-refractivity contribution in [2.75, 3.05) is 6.61 Å². The van der Waals surface area contributed by atoms with Crippen molar-refractivity contribution in [1.82, 2.24) is 9.97 Å². The maximum atomic E-state index is 12.7. The number of rotatable bonds is 6. The number of ether oxygens (including phenoxy) is 2. The molecule has 0 radical (unpaired) electrons. The van der Waals surface area contributed by atoms with E-state index in [2.05, 4.69) is 17.1 Å². The van der Waals surface area contributed by atoms with Crippen LogP contribution in [0, 0.1) is 12.3 Å². The Labute approximate surface area is 230 Å². The number of carbonyl (C=O) groups is 1. The Hall–Kier alpha value is -3.28. The molecule has 198 valence electrons. The minimum Gasteiger partial charge on any atom is -0.462 e. The van der Waals surface area contributed by atoms with Crippen molar-refractivity contribution < 1.29 is 14.3 Å². The van der Waals surface area contributed by atoms with Crippen molar-refractivity contribution in [2.24, 2.45) is 5.41 Å². The lowest BCUT2D eigenvalue weighted by molar-refractivity contribution is -0.162. The van der Waals surface area contributed by atoms with Crippen molar-refractivity contribution in [3.63, 3.8) is 0 Å². The number of nitrogens with zero attached hydrogens (tertiary/aromatic N) is 2. The number of carbonyl (C=O) groups excluding carboxylic acids is 1. The van der Waals surface area contributed by atoms with Gasteiger partial charge >= 0.3 is 5.97 Å². The number of hydrogen-bond donors (Lipinski definition) is 0. The van der Waals surface area contributed by atoms with Gasteiger partial charge in [0, 0.05) is 16.6 Å². The topological polar surface area (TPSA) is 61.3 Å². The summed E-state index contributed by atoms with van der Waals surface area (Å²) in [6.45, 7) is 13.7. The van der Waals surface area contributed by atoms with E-state index < -0.39 is 17.1 Å². The number of fused-ring (bicyclic) bond motifs is 1. The third-order valence-electron chi connectivity index (χ3n) is 6.10. The van der Waals surface area contributed by atoms with Crippen LogP contribution in [-0.2, 0) is 14.3 Å². The van der Waals surface area contributed by atoms with E-state index in [1.807, 2.05) is 97.0 Å². The fraction of sp³-hybridized carbons (Fsp3) is 0.344. The van der Waals surface area contributed by atoms with Gasteiger partial charge in [-0.25, -0.2) is 4.98 Å². The van der Waals surface area contributed by atoms with Gasteiger partial charge in [-0.15, -0.1) is 0 Å². The van der Waals surface area contributed by atoms with Gasteiger partial charge in [-0.05, 0) is 113 Å².